The highest BCUT2D eigenvalue weighted by molar-refractivity contribution is 9.10. The van der Waals surface area contributed by atoms with E-state index >= 15 is 0 Å². The van der Waals surface area contributed by atoms with E-state index in [1.807, 2.05) is 0 Å². The quantitative estimate of drug-likeness (QED) is 0.800. The van der Waals surface area contributed by atoms with Crippen LogP contribution in [0.4, 0.5) is 5.69 Å². The summed E-state index contributed by atoms with van der Waals surface area (Å²) in [6.07, 6.45) is 0. The number of halogens is 1. The van der Waals surface area contributed by atoms with E-state index in [1.165, 1.54) is 21.3 Å². The van der Waals surface area contributed by atoms with Gasteiger partial charge in [-0.2, -0.15) is 0 Å². The molecule has 0 spiro atoms. The Bertz CT molecular complexity index is 358. The Balaban J connectivity index is 2.49. The number of rotatable bonds is 1. The van der Waals surface area contributed by atoms with Crippen LogP contribution in [0, 0.1) is 12.8 Å². The van der Waals surface area contributed by atoms with Gasteiger partial charge in [-0.1, -0.05) is 29.8 Å². The third kappa shape index (κ3) is 1.56. The second kappa shape index (κ2) is 3.58. The van der Waals surface area contributed by atoms with Gasteiger partial charge in [-0.05, 0) is 36.1 Å². The zero-order valence-corrected chi connectivity index (χ0v) is 10.5. The zero-order valence-electron chi connectivity index (χ0n) is 8.89. The molecule has 0 aromatic heterocycles. The molecule has 1 unspecified atom stereocenters. The smallest absolute Gasteiger partial charge is 0.0407 e. The van der Waals surface area contributed by atoms with Crippen LogP contribution in [0.3, 0.4) is 0 Å². The Labute approximate surface area is 94.0 Å². The Kier molecular flexibility index (Phi) is 2.56. The first-order valence-corrected chi connectivity index (χ1v) is 5.93. The van der Waals surface area contributed by atoms with Crippen LogP contribution in [0.25, 0.3) is 0 Å². The van der Waals surface area contributed by atoms with Crippen LogP contribution in [0.1, 0.15) is 30.9 Å². The second-order valence-corrected chi connectivity index (χ2v) is 5.33. The van der Waals surface area contributed by atoms with Crippen molar-refractivity contribution >= 4 is 21.6 Å². The number of anilines is 1. The van der Waals surface area contributed by atoms with Crippen molar-refractivity contribution in [3.8, 4) is 0 Å². The van der Waals surface area contributed by atoms with Crippen LogP contribution in [-0.4, -0.2) is 6.54 Å². The van der Waals surface area contributed by atoms with Gasteiger partial charge in [0.05, 0.1) is 0 Å². The standard InChI is InChI=1S/C12H16BrN/c1-7(2)11-6-14-12-8(3)4-9(13)5-10(11)12/h4-5,7,11,14H,6H2,1-3H3. The summed E-state index contributed by atoms with van der Waals surface area (Å²) in [5, 5.41) is 3.51. The summed E-state index contributed by atoms with van der Waals surface area (Å²) in [5.74, 6) is 1.37. The molecule has 1 aromatic rings. The van der Waals surface area contributed by atoms with E-state index in [9.17, 15) is 0 Å². The Morgan fingerprint density at radius 2 is 2.14 bits per heavy atom. The average Bonchev–Trinajstić information content (AvgIpc) is 2.47. The summed E-state index contributed by atoms with van der Waals surface area (Å²) in [5.41, 5.74) is 4.18. The second-order valence-electron chi connectivity index (χ2n) is 4.42. The number of aryl methyl sites for hydroxylation is 1. The maximum absolute atomic E-state index is 3.56. The molecule has 76 valence electrons. The minimum absolute atomic E-state index is 0.668. The summed E-state index contributed by atoms with van der Waals surface area (Å²) >= 11 is 3.56. The molecule has 2 rings (SSSR count). The van der Waals surface area contributed by atoms with Crippen molar-refractivity contribution in [3.05, 3.63) is 27.7 Å². The van der Waals surface area contributed by atoms with Crippen molar-refractivity contribution in [2.24, 2.45) is 5.92 Å². The monoisotopic (exact) mass is 253 g/mol. The highest BCUT2D eigenvalue weighted by atomic mass is 79.9. The highest BCUT2D eigenvalue weighted by Crippen LogP contribution is 2.39. The van der Waals surface area contributed by atoms with E-state index in [2.05, 4.69) is 54.2 Å². The van der Waals surface area contributed by atoms with Crippen LogP contribution in [0.5, 0.6) is 0 Å². The first kappa shape index (κ1) is 10.0. The number of fused-ring (bicyclic) bond motifs is 1. The van der Waals surface area contributed by atoms with E-state index in [0.29, 0.717) is 11.8 Å². The predicted octanol–water partition coefficient (Wildman–Crippen LogP) is 3.92. The molecule has 0 fully saturated rings. The lowest BCUT2D eigenvalue weighted by Crippen LogP contribution is -2.08. The van der Waals surface area contributed by atoms with Gasteiger partial charge in [0.2, 0.25) is 0 Å². The first-order chi connectivity index (χ1) is 6.59. The lowest BCUT2D eigenvalue weighted by atomic mass is 9.90. The van der Waals surface area contributed by atoms with Crippen molar-refractivity contribution in [1.82, 2.24) is 0 Å². The number of hydrogen-bond donors (Lipinski definition) is 1. The van der Waals surface area contributed by atoms with Gasteiger partial charge in [-0.15, -0.1) is 0 Å². The molecule has 0 saturated carbocycles. The summed E-state index contributed by atoms with van der Waals surface area (Å²) in [7, 11) is 0. The van der Waals surface area contributed by atoms with Crippen molar-refractivity contribution in [2.45, 2.75) is 26.7 Å². The molecule has 1 aliphatic heterocycles. The van der Waals surface area contributed by atoms with Gasteiger partial charge < -0.3 is 5.32 Å². The maximum Gasteiger partial charge on any atom is 0.0407 e. The maximum atomic E-state index is 3.56. The third-order valence-electron chi connectivity index (χ3n) is 3.03. The van der Waals surface area contributed by atoms with Crippen LogP contribution in [0.2, 0.25) is 0 Å². The highest BCUT2D eigenvalue weighted by Gasteiger charge is 2.26. The minimum atomic E-state index is 0.668. The topological polar surface area (TPSA) is 12.0 Å². The fourth-order valence-corrected chi connectivity index (χ4v) is 2.81. The molecule has 2 heteroatoms. The molecular weight excluding hydrogens is 238 g/mol. The van der Waals surface area contributed by atoms with Gasteiger partial charge in [0.15, 0.2) is 0 Å². The van der Waals surface area contributed by atoms with Gasteiger partial charge in [0, 0.05) is 22.6 Å². The lowest BCUT2D eigenvalue weighted by molar-refractivity contribution is 0.533. The lowest BCUT2D eigenvalue weighted by Gasteiger charge is -2.14. The van der Waals surface area contributed by atoms with Crippen molar-refractivity contribution < 1.29 is 0 Å². The van der Waals surface area contributed by atoms with E-state index in [1.54, 1.807) is 0 Å². The third-order valence-corrected chi connectivity index (χ3v) is 3.49. The molecular formula is C12H16BrN. The average molecular weight is 254 g/mol. The van der Waals surface area contributed by atoms with Crippen LogP contribution >= 0.6 is 15.9 Å². The minimum Gasteiger partial charge on any atom is -0.384 e. The molecule has 1 aliphatic rings. The van der Waals surface area contributed by atoms with Gasteiger partial charge >= 0.3 is 0 Å². The SMILES string of the molecule is Cc1cc(Br)cc2c1NCC2C(C)C. The molecule has 1 aromatic carbocycles. The normalized spacial score (nSPS) is 19.6. The van der Waals surface area contributed by atoms with Gasteiger partial charge in [0.25, 0.3) is 0 Å². The number of benzene rings is 1. The molecule has 0 radical (unpaired) electrons. The van der Waals surface area contributed by atoms with E-state index in [4.69, 9.17) is 0 Å². The summed E-state index contributed by atoms with van der Waals surface area (Å²) in [4.78, 5) is 0. The Morgan fingerprint density at radius 3 is 2.79 bits per heavy atom. The number of hydrogen-bond acceptors (Lipinski definition) is 1. The Morgan fingerprint density at radius 1 is 1.43 bits per heavy atom. The fourth-order valence-electron chi connectivity index (χ4n) is 2.22. The van der Waals surface area contributed by atoms with Crippen LogP contribution < -0.4 is 5.32 Å². The van der Waals surface area contributed by atoms with Crippen molar-refractivity contribution in [2.75, 3.05) is 11.9 Å². The van der Waals surface area contributed by atoms with Gasteiger partial charge in [0.1, 0.15) is 0 Å². The molecule has 0 bridgehead atoms. The molecule has 1 nitrogen and oxygen atoms in total. The summed E-state index contributed by atoms with van der Waals surface area (Å²) < 4.78 is 1.20. The van der Waals surface area contributed by atoms with Crippen molar-refractivity contribution in [1.29, 1.82) is 0 Å². The fraction of sp³-hybridized carbons (Fsp3) is 0.500. The zero-order chi connectivity index (χ0) is 10.3. The summed E-state index contributed by atoms with van der Waals surface area (Å²) in [6, 6.07) is 4.43. The molecule has 14 heavy (non-hydrogen) atoms. The predicted molar refractivity (Wildman–Crippen MR) is 64.9 cm³/mol. The molecule has 1 heterocycles. The van der Waals surface area contributed by atoms with E-state index < -0.39 is 0 Å². The molecule has 0 saturated heterocycles. The Hall–Kier alpha value is -0.500. The van der Waals surface area contributed by atoms with Gasteiger partial charge in [-0.3, -0.25) is 0 Å². The van der Waals surface area contributed by atoms with Crippen molar-refractivity contribution in [3.63, 3.8) is 0 Å². The molecule has 0 amide bonds. The van der Waals surface area contributed by atoms with E-state index in [-0.39, 0.29) is 0 Å². The largest absolute Gasteiger partial charge is 0.384 e. The van der Waals surface area contributed by atoms with Crippen LogP contribution in [-0.2, 0) is 0 Å². The van der Waals surface area contributed by atoms with E-state index in [0.717, 1.165) is 6.54 Å². The van der Waals surface area contributed by atoms with Gasteiger partial charge in [-0.25, -0.2) is 0 Å². The van der Waals surface area contributed by atoms with Crippen LogP contribution in [0.15, 0.2) is 16.6 Å². The molecule has 1 N–H and O–H groups in total. The number of nitrogens with one attached hydrogen (secondary N) is 1. The summed E-state index contributed by atoms with van der Waals surface area (Å²) in [6.45, 7) is 7.83. The molecule has 0 aliphatic carbocycles. The first-order valence-electron chi connectivity index (χ1n) is 5.13. The molecule has 1 atom stereocenters.